The van der Waals surface area contributed by atoms with Crippen molar-refractivity contribution in [1.82, 2.24) is 10.1 Å². The second kappa shape index (κ2) is 9.71. The fraction of sp³-hybridized carbons (Fsp3) is 0.115. The normalized spacial score (nSPS) is 14.1. The maximum absolute atomic E-state index is 13.1. The van der Waals surface area contributed by atoms with Crippen LogP contribution >= 0.6 is 27.7 Å². The number of nitrogens with zero attached hydrogens (tertiary/aromatic N) is 3. The highest BCUT2D eigenvalue weighted by Crippen LogP contribution is 2.37. The molecule has 8 nitrogen and oxygen atoms in total. The number of benzene rings is 3. The molecular weight excluding hydrogens is 544 g/mol. The summed E-state index contributed by atoms with van der Waals surface area (Å²) >= 11 is 4.65. The highest BCUT2D eigenvalue weighted by Gasteiger charge is 2.44. The van der Waals surface area contributed by atoms with Crippen LogP contribution in [0.25, 0.3) is 11.3 Å². The number of para-hydroxylation sites is 1. The number of rotatable bonds is 4. The van der Waals surface area contributed by atoms with Crippen molar-refractivity contribution in [2.75, 3.05) is 11.2 Å². The second-order valence-corrected chi connectivity index (χ2v) is 9.71. The quantitative estimate of drug-likeness (QED) is 0.172. The molecule has 2 heterocycles. The molecule has 3 aromatic carbocycles. The minimum absolute atomic E-state index is 0.205. The van der Waals surface area contributed by atoms with Gasteiger partial charge in [0.05, 0.1) is 16.8 Å². The predicted octanol–water partition coefficient (Wildman–Crippen LogP) is 4.34. The van der Waals surface area contributed by atoms with Gasteiger partial charge < -0.3 is 4.74 Å². The molecular formula is C26H20BrN4O4S+. The molecule has 1 N–H and O–H groups in total. The highest BCUT2D eigenvalue weighted by molar-refractivity contribution is 9.10. The first-order valence-corrected chi connectivity index (χ1v) is 13.0. The summed E-state index contributed by atoms with van der Waals surface area (Å²) in [7, 11) is 0. The number of esters is 1. The Kier molecular flexibility index (Phi) is 6.46. The van der Waals surface area contributed by atoms with Crippen molar-refractivity contribution in [1.29, 1.82) is 0 Å². The van der Waals surface area contributed by atoms with E-state index >= 15 is 0 Å². The van der Waals surface area contributed by atoms with E-state index in [1.165, 1.54) is 18.7 Å². The second-order valence-electron chi connectivity index (χ2n) is 8.00. The van der Waals surface area contributed by atoms with Crippen LogP contribution in [0, 0.1) is 0 Å². The number of H-pyrrole nitrogens is 1. The molecule has 0 bridgehead atoms. The fourth-order valence-corrected chi connectivity index (χ4v) is 4.79. The standard InChI is InChI=1S/C26H19BrN4O4S/c1-15(32)30-21-6-4-3-5-20(21)22-23(33)28-26(36-2)29-31(22)24(30)16-9-13-19(14-10-16)35-25(34)17-7-11-18(27)12-8-17/h3-14,24H,1-2H3/p+1/t24-/m1/s1. The van der Waals surface area contributed by atoms with Crippen LogP contribution in [0.3, 0.4) is 0 Å². The van der Waals surface area contributed by atoms with Gasteiger partial charge in [0.2, 0.25) is 11.1 Å². The van der Waals surface area contributed by atoms with Crippen molar-refractivity contribution in [3.8, 4) is 17.0 Å². The van der Waals surface area contributed by atoms with Crippen LogP contribution in [0.4, 0.5) is 5.69 Å². The van der Waals surface area contributed by atoms with E-state index in [0.717, 1.165) is 4.47 Å². The Bertz CT molecular complexity index is 1540. The number of anilines is 1. The van der Waals surface area contributed by atoms with E-state index in [-0.39, 0.29) is 11.5 Å². The lowest BCUT2D eigenvalue weighted by molar-refractivity contribution is -0.763. The summed E-state index contributed by atoms with van der Waals surface area (Å²) < 4.78 is 7.97. The Labute approximate surface area is 219 Å². The fourth-order valence-electron chi connectivity index (χ4n) is 4.16. The molecule has 1 aliphatic heterocycles. The maximum atomic E-state index is 13.1. The molecule has 0 spiro atoms. The number of nitrogens with one attached hydrogen (secondary N) is 1. The van der Waals surface area contributed by atoms with Crippen molar-refractivity contribution in [3.05, 3.63) is 98.7 Å². The molecule has 180 valence electrons. The van der Waals surface area contributed by atoms with Crippen LogP contribution < -0.4 is 19.9 Å². The van der Waals surface area contributed by atoms with Gasteiger partial charge in [-0.25, -0.2) is 9.69 Å². The van der Waals surface area contributed by atoms with Crippen LogP contribution in [-0.2, 0) is 4.79 Å². The maximum Gasteiger partial charge on any atom is 0.343 e. The van der Waals surface area contributed by atoms with E-state index in [4.69, 9.17) is 4.74 Å². The molecule has 1 aromatic heterocycles. The molecule has 1 atom stereocenters. The van der Waals surface area contributed by atoms with E-state index in [2.05, 4.69) is 26.0 Å². The van der Waals surface area contributed by atoms with E-state index in [1.807, 2.05) is 24.5 Å². The largest absolute Gasteiger partial charge is 0.423 e. The van der Waals surface area contributed by atoms with Gasteiger partial charge in [0.15, 0.2) is 0 Å². The van der Waals surface area contributed by atoms with Crippen molar-refractivity contribution in [3.63, 3.8) is 0 Å². The molecule has 0 fully saturated rings. The number of aromatic amines is 1. The van der Waals surface area contributed by atoms with E-state index in [1.54, 1.807) is 64.2 Å². The molecule has 4 aromatic rings. The van der Waals surface area contributed by atoms with Gasteiger partial charge in [-0.15, -0.1) is 0 Å². The molecule has 1 aliphatic rings. The summed E-state index contributed by atoms with van der Waals surface area (Å²) in [6, 6.07) is 21.0. The number of thioether (sulfide) groups is 1. The molecule has 10 heteroatoms. The third kappa shape index (κ3) is 4.33. The van der Waals surface area contributed by atoms with E-state index < -0.39 is 12.1 Å². The van der Waals surface area contributed by atoms with Crippen molar-refractivity contribution < 1.29 is 19.0 Å². The Balaban J connectivity index is 1.57. The zero-order valence-electron chi connectivity index (χ0n) is 19.3. The summed E-state index contributed by atoms with van der Waals surface area (Å²) in [6.45, 7) is 1.48. The van der Waals surface area contributed by atoms with E-state index in [9.17, 15) is 14.4 Å². The van der Waals surface area contributed by atoms with Gasteiger partial charge in [0.25, 0.3) is 6.17 Å². The van der Waals surface area contributed by atoms with Crippen molar-refractivity contribution >= 4 is 45.3 Å². The third-order valence-electron chi connectivity index (χ3n) is 5.76. The lowest BCUT2D eigenvalue weighted by Crippen LogP contribution is -2.60. The minimum atomic E-state index is -0.711. The van der Waals surface area contributed by atoms with Crippen LogP contribution in [0.15, 0.2) is 87.2 Å². The molecule has 36 heavy (non-hydrogen) atoms. The molecule has 1 amide bonds. The van der Waals surface area contributed by atoms with Crippen molar-refractivity contribution in [2.45, 2.75) is 18.2 Å². The van der Waals surface area contributed by atoms with Crippen LogP contribution in [-0.4, -0.2) is 28.2 Å². The van der Waals surface area contributed by atoms with E-state index in [0.29, 0.717) is 39.0 Å². The van der Waals surface area contributed by atoms with Gasteiger partial charge in [0, 0.05) is 22.1 Å². The zero-order chi connectivity index (χ0) is 25.4. The number of halogens is 1. The van der Waals surface area contributed by atoms with Gasteiger partial charge in [-0.05, 0) is 71.6 Å². The number of amides is 1. The highest BCUT2D eigenvalue weighted by atomic mass is 79.9. The lowest BCUT2D eigenvalue weighted by Gasteiger charge is -2.31. The average molecular weight is 564 g/mol. The molecule has 0 radical (unpaired) electrons. The lowest BCUT2D eigenvalue weighted by atomic mass is 10.0. The SMILES string of the molecule is CSc1n[n+]2c(c(=O)[nH]1)-c1ccccc1N(C(C)=O)[C@H]2c1ccc(OC(=O)c2ccc(Br)cc2)cc1. The van der Waals surface area contributed by atoms with Gasteiger partial charge in [-0.3, -0.25) is 14.6 Å². The monoisotopic (exact) mass is 563 g/mol. The number of hydrogen-bond acceptors (Lipinski definition) is 6. The summed E-state index contributed by atoms with van der Waals surface area (Å²) in [5.41, 5.74) is 2.41. The van der Waals surface area contributed by atoms with Gasteiger partial charge in [-0.1, -0.05) is 39.8 Å². The van der Waals surface area contributed by atoms with Gasteiger partial charge >= 0.3 is 17.2 Å². The number of fused-ring (bicyclic) bond motifs is 3. The van der Waals surface area contributed by atoms with Crippen molar-refractivity contribution in [2.24, 2.45) is 0 Å². The number of carbonyl (C=O) groups excluding carboxylic acids is 2. The van der Waals surface area contributed by atoms with Gasteiger partial charge in [-0.2, -0.15) is 0 Å². The number of ether oxygens (including phenoxy) is 1. The predicted molar refractivity (Wildman–Crippen MR) is 139 cm³/mol. The Morgan fingerprint density at radius 1 is 1.06 bits per heavy atom. The molecule has 0 unspecified atom stereocenters. The van der Waals surface area contributed by atoms with Gasteiger partial charge in [0.1, 0.15) is 5.75 Å². The Morgan fingerprint density at radius 3 is 2.42 bits per heavy atom. The summed E-state index contributed by atoms with van der Waals surface area (Å²) in [4.78, 5) is 42.9. The topological polar surface area (TPSA) is 96.2 Å². The summed E-state index contributed by atoms with van der Waals surface area (Å²) in [6.07, 6.45) is 1.10. The molecule has 0 saturated carbocycles. The summed E-state index contributed by atoms with van der Waals surface area (Å²) in [5, 5.41) is 5.07. The van der Waals surface area contributed by atoms with Crippen LogP contribution in [0.5, 0.6) is 5.75 Å². The first kappa shape index (κ1) is 24.0. The Hall–Kier alpha value is -3.76. The average Bonchev–Trinajstić information content (AvgIpc) is 2.88. The van der Waals surface area contributed by atoms with Crippen LogP contribution in [0.1, 0.15) is 29.0 Å². The minimum Gasteiger partial charge on any atom is -0.423 e. The number of hydrogen-bond donors (Lipinski definition) is 1. The first-order valence-electron chi connectivity index (χ1n) is 10.9. The first-order chi connectivity index (χ1) is 17.4. The molecule has 0 saturated heterocycles. The smallest absolute Gasteiger partial charge is 0.343 e. The molecule has 0 aliphatic carbocycles. The third-order valence-corrected chi connectivity index (χ3v) is 6.86. The summed E-state index contributed by atoms with van der Waals surface area (Å²) in [5.74, 6) is -0.333. The molecule has 5 rings (SSSR count). The zero-order valence-corrected chi connectivity index (χ0v) is 21.7. The Morgan fingerprint density at radius 2 is 1.75 bits per heavy atom. The number of aromatic nitrogens is 3. The van der Waals surface area contributed by atoms with Crippen LogP contribution in [0.2, 0.25) is 0 Å². The number of carbonyl (C=O) groups is 2.